The van der Waals surface area contributed by atoms with Crippen molar-refractivity contribution < 1.29 is 0 Å². The number of rotatable bonds is 12. The molecule has 0 N–H and O–H groups in total. The van der Waals surface area contributed by atoms with Crippen LogP contribution in [0.4, 0.5) is 0 Å². The summed E-state index contributed by atoms with van der Waals surface area (Å²) in [6.45, 7) is 92.6. The molecule has 0 spiro atoms. The predicted molar refractivity (Wildman–Crippen MR) is 383 cm³/mol. The van der Waals surface area contributed by atoms with E-state index in [-0.39, 0.29) is 206 Å². The second-order valence-corrected chi connectivity index (χ2v) is 118. The van der Waals surface area contributed by atoms with Crippen LogP contribution in [0.1, 0.15) is 0 Å². The van der Waals surface area contributed by atoms with Gasteiger partial charge in [0, 0.05) is 206 Å². The Morgan fingerprint density at radius 2 is 0.176 bits per heavy atom. The summed E-state index contributed by atoms with van der Waals surface area (Å²) >= 11 is 10.5. The fourth-order valence-corrected chi connectivity index (χ4v) is 122. The minimum Gasteiger partial charge on any atom is 0 e. The number of hydrogen-bond acceptors (Lipinski definition) is 0. The van der Waals surface area contributed by atoms with Crippen molar-refractivity contribution in [3.05, 3.63) is 0 Å². The molecule has 0 aromatic heterocycles. The van der Waals surface area contributed by atoms with Gasteiger partial charge in [-0.1, -0.05) is 0 Å². The normalized spacial score (nSPS) is 13.1. The summed E-state index contributed by atoms with van der Waals surface area (Å²) in [7, 11) is -12.7. The Kier molecular flexibility index (Phi) is 72.0. The Hall–Kier alpha value is 11.1. The maximum absolute atomic E-state index is 2.62. The molecule has 0 heterocycles. The van der Waals surface area contributed by atoms with Gasteiger partial charge in [0.15, 0.2) is 0 Å². The van der Waals surface area contributed by atoms with Gasteiger partial charge in [-0.15, -0.1) is 0 Å². The van der Waals surface area contributed by atoms with Crippen LogP contribution in [0.15, 0.2) is 0 Å². The molecule has 28 heteroatoms. The molecule has 0 aromatic rings. The molecular weight excluding hydrogens is 2040 g/mol. The molecule has 68 heavy (non-hydrogen) atoms. The average molecular weight is 2150 g/mol. The summed E-state index contributed by atoms with van der Waals surface area (Å²) < 4.78 is 2.92. The first-order chi connectivity index (χ1) is 23.0. The quantitative estimate of drug-likeness (QED) is 0.171. The standard InChI is InChI=1S/4C10H27GeSi3.2Ge.10Se/c4*1-12(2,3)10(11,13(4,5)6)14(7,8)9;;;;;;;;;;;;/h4*1-9H3;;;;;;;;;;;;. The summed E-state index contributed by atoms with van der Waals surface area (Å²) in [6, 6.07) is 0. The fourth-order valence-electron chi connectivity index (χ4n) is 13.5. The molecule has 400 valence electrons. The monoisotopic (exact) mass is 2170 g/mol. The van der Waals surface area contributed by atoms with E-state index < -0.39 is 96.9 Å². The summed E-state index contributed by atoms with van der Waals surface area (Å²) in [5.74, 6) is 0. The second kappa shape index (κ2) is 40.4. The van der Waals surface area contributed by atoms with E-state index in [0.717, 1.165) is 12.5 Å². The van der Waals surface area contributed by atoms with E-state index in [1.54, 1.807) is 0 Å². The summed E-state index contributed by atoms with van der Waals surface area (Å²) in [4.78, 5) is 0. The second-order valence-electron chi connectivity index (χ2n) is 30.0. The summed E-state index contributed by atoms with van der Waals surface area (Å²) in [6.07, 6.45) is 0. The molecule has 0 aliphatic rings. The molecule has 0 saturated heterocycles. The van der Waals surface area contributed by atoms with Crippen molar-refractivity contribution in [2.24, 2.45) is 0 Å². The largest absolute Gasteiger partial charge is 0 e. The minimum atomic E-state index is -1.06. The van der Waals surface area contributed by atoms with Crippen molar-refractivity contribution in [2.45, 2.75) is 248 Å². The first-order valence-corrected chi connectivity index (χ1v) is 68.2. The smallest absolute Gasteiger partial charge is 0 e. The van der Waals surface area contributed by atoms with E-state index in [9.17, 15) is 0 Å². The van der Waals surface area contributed by atoms with Crippen LogP contribution in [-0.4, -0.2) is 369 Å². The fraction of sp³-hybridized carbons (Fsp3) is 1.00. The van der Waals surface area contributed by atoms with Crippen LogP contribution >= 0.6 is 0 Å². The number of hydrogen-bond donors (Lipinski definition) is 0. The Labute approximate surface area is 606 Å². The van der Waals surface area contributed by atoms with E-state index in [2.05, 4.69) is 302 Å². The van der Waals surface area contributed by atoms with Crippen LogP contribution in [0.5, 0.6) is 0 Å². The maximum Gasteiger partial charge on any atom is 0 e. The third kappa shape index (κ3) is 31.4. The van der Waals surface area contributed by atoms with Crippen molar-refractivity contribution in [3.8, 4) is 0 Å². The zero-order valence-electron chi connectivity index (χ0n) is 51.1. The van der Waals surface area contributed by atoms with E-state index in [4.69, 9.17) is 0 Å². The van der Waals surface area contributed by atoms with Crippen molar-refractivity contribution in [1.82, 2.24) is 0 Å². The molecule has 0 bridgehead atoms. The minimum absolute atomic E-state index is 0. The van der Waals surface area contributed by atoms with Gasteiger partial charge in [0.1, 0.15) is 0 Å². The first kappa shape index (κ1) is 121. The molecule has 0 aliphatic heterocycles. The average Bonchev–Trinajstić information content (AvgIpc) is 2.79. The van der Waals surface area contributed by atoms with Crippen molar-refractivity contribution in [3.63, 3.8) is 0 Å². The maximum atomic E-state index is 2.62. The van der Waals surface area contributed by atoms with Gasteiger partial charge in [0.25, 0.3) is 0 Å². The Balaban J connectivity index is -0.0000000358. The molecular formula is C40H108Ge6Se10Si12. The van der Waals surface area contributed by atoms with Gasteiger partial charge in [-0.25, -0.2) is 0 Å². The molecule has 0 saturated carbocycles. The first-order valence-electron chi connectivity index (χ1n) is 22.0. The molecule has 0 nitrogen and oxygen atoms in total. The zero-order valence-corrected chi connectivity index (χ0v) is 92.8. The van der Waals surface area contributed by atoms with Gasteiger partial charge in [-0.2, -0.15) is 0 Å². The third-order valence-electron chi connectivity index (χ3n) is 13.5. The van der Waals surface area contributed by atoms with E-state index in [1.807, 2.05) is 0 Å². The van der Waals surface area contributed by atoms with Crippen LogP contribution in [0.2, 0.25) is 248 Å². The van der Waals surface area contributed by atoms with E-state index >= 15 is 0 Å². The van der Waals surface area contributed by atoms with Crippen molar-refractivity contribution in [2.75, 3.05) is 0 Å². The Bertz CT molecular complexity index is 915. The van der Waals surface area contributed by atoms with Gasteiger partial charge < -0.3 is 0 Å². The van der Waals surface area contributed by atoms with Gasteiger partial charge in [-0.3, -0.25) is 0 Å². The van der Waals surface area contributed by atoms with Gasteiger partial charge in [0.2, 0.25) is 0 Å². The van der Waals surface area contributed by atoms with Crippen LogP contribution in [-0.2, 0) is 0 Å². The van der Waals surface area contributed by atoms with Crippen LogP contribution in [0.3, 0.4) is 0 Å². The molecule has 0 amide bonds. The summed E-state index contributed by atoms with van der Waals surface area (Å²) in [5.41, 5.74) is 0. The van der Waals surface area contributed by atoms with E-state index in [0.29, 0.717) is 0 Å². The Morgan fingerprint density at radius 1 is 0.147 bits per heavy atom. The summed E-state index contributed by atoms with van der Waals surface area (Å²) in [5, 5.41) is 0. The van der Waals surface area contributed by atoms with Crippen molar-refractivity contribution in [1.29, 1.82) is 0 Å². The molecule has 0 atom stereocenters. The molecule has 0 rings (SSSR count). The van der Waals surface area contributed by atoms with Gasteiger partial charge in [-0.05, 0) is 0 Å². The van der Waals surface area contributed by atoms with Gasteiger partial charge >= 0.3 is 411 Å². The molecule has 0 unspecified atom stereocenters. The van der Waals surface area contributed by atoms with Gasteiger partial charge in [0.05, 0.1) is 0 Å². The van der Waals surface area contributed by atoms with Crippen LogP contribution in [0.25, 0.3) is 0 Å². The molecule has 40 radical (unpaired) electrons. The SMILES string of the molecule is C[Si](C)(C)[C]([Ge])([Si](C)(C)C)[Si](C)(C)C.C[Si](C)(C)[C]([Ge])([Si](C)(C)C)[Si](C)(C)C.C[Si](C)(C)[C]([Ge])([Si](C)(C)C)[Si](C)(C)C.C[Si](C)(C)[C]([Ge])([Si](C)(C)C)[Si](C)(C)C.[Ge].[Ge].[Se].[Se].[Se].[Se].[Se].[Se].[Se].[Se].[Se].[Se]. The van der Waals surface area contributed by atoms with Crippen molar-refractivity contribution >= 4 is 369 Å². The zero-order chi connectivity index (χ0) is 48.0. The third-order valence-corrected chi connectivity index (χ3v) is 151. The topological polar surface area (TPSA) is 0 Å². The molecule has 0 aromatic carbocycles. The predicted octanol–water partition coefficient (Wildman–Crippen LogP) is 11.2. The van der Waals surface area contributed by atoms with E-state index in [1.165, 1.54) is 0 Å². The molecule has 0 aliphatic carbocycles. The Morgan fingerprint density at radius 3 is 0.176 bits per heavy atom. The van der Waals surface area contributed by atoms with Crippen LogP contribution in [0, 0.1) is 0 Å². The molecule has 0 fully saturated rings. The van der Waals surface area contributed by atoms with Crippen LogP contribution < -0.4 is 0 Å².